The van der Waals surface area contributed by atoms with Crippen molar-refractivity contribution < 1.29 is 4.42 Å². The van der Waals surface area contributed by atoms with Crippen molar-refractivity contribution in [1.29, 1.82) is 0 Å². The summed E-state index contributed by atoms with van der Waals surface area (Å²) in [6.45, 7) is 3.95. The highest BCUT2D eigenvalue weighted by atomic mass is 16.3. The van der Waals surface area contributed by atoms with Crippen LogP contribution in [0.4, 0.5) is 5.82 Å². The minimum absolute atomic E-state index is 0.109. The highest BCUT2D eigenvalue weighted by molar-refractivity contribution is 5.50. The lowest BCUT2D eigenvalue weighted by Gasteiger charge is -2.35. The molecule has 0 atom stereocenters. The summed E-state index contributed by atoms with van der Waals surface area (Å²) in [6.07, 6.45) is 3.41. The van der Waals surface area contributed by atoms with E-state index in [1.165, 1.54) is 10.7 Å². The van der Waals surface area contributed by atoms with E-state index in [9.17, 15) is 4.79 Å². The van der Waals surface area contributed by atoms with Crippen molar-refractivity contribution in [1.82, 2.24) is 19.7 Å². The summed E-state index contributed by atoms with van der Waals surface area (Å²) in [6, 6.07) is 12.8. The third-order valence-electron chi connectivity index (χ3n) is 4.32. The van der Waals surface area contributed by atoms with Crippen molar-refractivity contribution in [2.45, 2.75) is 6.67 Å². The summed E-state index contributed by atoms with van der Waals surface area (Å²) in [7, 11) is 0. The fraction of sp³-hybridized carbons (Fsp3) is 0.278. The molecule has 0 amide bonds. The minimum Gasteiger partial charge on any atom is -0.463 e. The van der Waals surface area contributed by atoms with E-state index in [0.717, 1.165) is 32.0 Å². The Labute approximate surface area is 145 Å². The second-order valence-electron chi connectivity index (χ2n) is 5.97. The van der Waals surface area contributed by atoms with Gasteiger partial charge in [-0.05, 0) is 30.3 Å². The van der Waals surface area contributed by atoms with E-state index in [4.69, 9.17) is 4.42 Å². The van der Waals surface area contributed by atoms with Crippen LogP contribution in [0.3, 0.4) is 0 Å². The van der Waals surface area contributed by atoms with Crippen molar-refractivity contribution in [2.24, 2.45) is 0 Å². The Morgan fingerprint density at radius 2 is 1.88 bits per heavy atom. The average molecular weight is 337 g/mol. The highest BCUT2D eigenvalue weighted by Gasteiger charge is 2.18. The van der Waals surface area contributed by atoms with Crippen LogP contribution in [0, 0.1) is 0 Å². The number of pyridine rings is 1. The topological polar surface area (TPSA) is 67.4 Å². The van der Waals surface area contributed by atoms with Crippen molar-refractivity contribution in [2.75, 3.05) is 31.1 Å². The van der Waals surface area contributed by atoms with E-state index in [1.54, 1.807) is 12.3 Å². The molecule has 0 aromatic carbocycles. The van der Waals surface area contributed by atoms with Gasteiger partial charge in [-0.25, -0.2) is 9.67 Å². The molecule has 4 rings (SSSR count). The van der Waals surface area contributed by atoms with E-state index in [0.29, 0.717) is 18.1 Å². The van der Waals surface area contributed by atoms with E-state index in [2.05, 4.69) is 19.9 Å². The first kappa shape index (κ1) is 15.6. The molecule has 25 heavy (non-hydrogen) atoms. The van der Waals surface area contributed by atoms with Gasteiger partial charge in [0.25, 0.3) is 5.56 Å². The van der Waals surface area contributed by atoms with Crippen LogP contribution >= 0.6 is 0 Å². The number of anilines is 1. The van der Waals surface area contributed by atoms with Gasteiger partial charge in [0.1, 0.15) is 11.5 Å². The van der Waals surface area contributed by atoms with Gasteiger partial charge in [-0.15, -0.1) is 0 Å². The molecule has 1 aliphatic rings. The standard InChI is InChI=1S/C18H19N5O2/c24-18-7-6-15(16-4-3-13-25-16)20-23(18)14-21-9-11-22(12-10-21)17-5-1-2-8-19-17/h1-8,13H,9-12,14H2. The molecule has 0 aliphatic carbocycles. The lowest BCUT2D eigenvalue weighted by Crippen LogP contribution is -2.48. The molecule has 0 bridgehead atoms. The molecule has 3 aromatic rings. The summed E-state index contributed by atoms with van der Waals surface area (Å²) in [5.41, 5.74) is 0.555. The zero-order valence-corrected chi connectivity index (χ0v) is 13.8. The Bertz CT molecular complexity index is 868. The van der Waals surface area contributed by atoms with Gasteiger partial charge in [-0.2, -0.15) is 5.10 Å². The van der Waals surface area contributed by atoms with Crippen LogP contribution in [0.1, 0.15) is 0 Å². The number of rotatable bonds is 4. The van der Waals surface area contributed by atoms with Gasteiger partial charge in [-0.3, -0.25) is 9.69 Å². The van der Waals surface area contributed by atoms with Gasteiger partial charge in [0.15, 0.2) is 5.76 Å². The van der Waals surface area contributed by atoms with Gasteiger partial charge in [-0.1, -0.05) is 6.07 Å². The molecule has 1 fully saturated rings. The van der Waals surface area contributed by atoms with Crippen LogP contribution in [0.2, 0.25) is 0 Å². The molecule has 0 saturated carbocycles. The number of aromatic nitrogens is 3. The van der Waals surface area contributed by atoms with Crippen molar-refractivity contribution in [3.05, 3.63) is 65.3 Å². The summed E-state index contributed by atoms with van der Waals surface area (Å²) in [4.78, 5) is 21.0. The van der Waals surface area contributed by atoms with Crippen molar-refractivity contribution in [3.8, 4) is 11.5 Å². The number of nitrogens with zero attached hydrogens (tertiary/aromatic N) is 5. The summed E-state index contributed by atoms with van der Waals surface area (Å²) < 4.78 is 6.86. The van der Waals surface area contributed by atoms with Gasteiger partial charge in [0.05, 0.1) is 12.9 Å². The zero-order chi connectivity index (χ0) is 17.1. The number of hydrogen-bond acceptors (Lipinski definition) is 6. The normalized spacial score (nSPS) is 15.4. The first-order chi connectivity index (χ1) is 12.3. The van der Waals surface area contributed by atoms with Gasteiger partial charge in [0.2, 0.25) is 0 Å². The maximum Gasteiger partial charge on any atom is 0.268 e. The predicted molar refractivity (Wildman–Crippen MR) is 94.2 cm³/mol. The molecule has 1 aliphatic heterocycles. The second-order valence-corrected chi connectivity index (χ2v) is 5.97. The quantitative estimate of drug-likeness (QED) is 0.721. The maximum absolute atomic E-state index is 12.1. The Morgan fingerprint density at radius 1 is 1.00 bits per heavy atom. The van der Waals surface area contributed by atoms with E-state index >= 15 is 0 Å². The lowest BCUT2D eigenvalue weighted by molar-refractivity contribution is 0.191. The molecule has 7 heteroatoms. The average Bonchev–Trinajstić information content (AvgIpc) is 3.20. The van der Waals surface area contributed by atoms with Crippen LogP contribution in [-0.4, -0.2) is 45.8 Å². The summed E-state index contributed by atoms with van der Waals surface area (Å²) >= 11 is 0. The highest BCUT2D eigenvalue weighted by Crippen LogP contribution is 2.16. The third-order valence-corrected chi connectivity index (χ3v) is 4.32. The SMILES string of the molecule is O=c1ccc(-c2ccco2)nn1CN1CCN(c2ccccn2)CC1. The molecular weight excluding hydrogens is 318 g/mol. The summed E-state index contributed by atoms with van der Waals surface area (Å²) in [5, 5.41) is 4.43. The monoisotopic (exact) mass is 337 g/mol. The molecule has 0 N–H and O–H groups in total. The fourth-order valence-corrected chi connectivity index (χ4v) is 2.95. The van der Waals surface area contributed by atoms with Crippen molar-refractivity contribution >= 4 is 5.82 Å². The predicted octanol–water partition coefficient (Wildman–Crippen LogP) is 1.68. The Balaban J connectivity index is 1.43. The Morgan fingerprint density at radius 3 is 2.60 bits per heavy atom. The van der Waals surface area contributed by atoms with E-state index < -0.39 is 0 Å². The molecular formula is C18H19N5O2. The van der Waals surface area contributed by atoms with E-state index in [-0.39, 0.29) is 5.56 Å². The molecule has 0 spiro atoms. The summed E-state index contributed by atoms with van der Waals surface area (Å²) in [5.74, 6) is 1.66. The first-order valence-corrected chi connectivity index (χ1v) is 8.30. The smallest absolute Gasteiger partial charge is 0.268 e. The van der Waals surface area contributed by atoms with Crippen LogP contribution in [0.15, 0.2) is 64.1 Å². The van der Waals surface area contributed by atoms with Gasteiger partial charge in [0, 0.05) is 38.4 Å². The number of furan rings is 1. The molecule has 4 heterocycles. The molecule has 0 unspecified atom stereocenters. The molecule has 3 aromatic heterocycles. The fourth-order valence-electron chi connectivity index (χ4n) is 2.95. The third kappa shape index (κ3) is 3.46. The Hall–Kier alpha value is -2.93. The molecule has 128 valence electrons. The Kier molecular flexibility index (Phi) is 4.30. The molecule has 7 nitrogen and oxygen atoms in total. The largest absolute Gasteiger partial charge is 0.463 e. The van der Waals surface area contributed by atoms with Gasteiger partial charge >= 0.3 is 0 Å². The van der Waals surface area contributed by atoms with Crippen LogP contribution in [0.5, 0.6) is 0 Å². The minimum atomic E-state index is -0.109. The number of hydrogen-bond donors (Lipinski definition) is 0. The van der Waals surface area contributed by atoms with Crippen LogP contribution < -0.4 is 10.5 Å². The second kappa shape index (κ2) is 6.90. The molecule has 1 saturated heterocycles. The van der Waals surface area contributed by atoms with Crippen LogP contribution in [0.25, 0.3) is 11.5 Å². The van der Waals surface area contributed by atoms with Gasteiger partial charge < -0.3 is 9.32 Å². The lowest BCUT2D eigenvalue weighted by atomic mass is 10.3. The van der Waals surface area contributed by atoms with Crippen LogP contribution in [-0.2, 0) is 6.67 Å². The van der Waals surface area contributed by atoms with Crippen molar-refractivity contribution in [3.63, 3.8) is 0 Å². The number of piperazine rings is 1. The first-order valence-electron chi connectivity index (χ1n) is 8.30. The van der Waals surface area contributed by atoms with E-state index in [1.807, 2.05) is 36.5 Å². The maximum atomic E-state index is 12.1. The molecule has 0 radical (unpaired) electrons. The zero-order valence-electron chi connectivity index (χ0n) is 13.8.